The van der Waals surface area contributed by atoms with Crippen molar-refractivity contribution in [1.29, 1.82) is 0 Å². The van der Waals surface area contributed by atoms with E-state index in [0.29, 0.717) is 11.5 Å². The molecule has 0 radical (unpaired) electrons. The molecule has 1 aromatic heterocycles. The van der Waals surface area contributed by atoms with Gasteiger partial charge in [0, 0.05) is 16.7 Å². The molecule has 0 aliphatic heterocycles. The van der Waals surface area contributed by atoms with Crippen LogP contribution in [0.3, 0.4) is 0 Å². The number of hydrogen-bond acceptors (Lipinski definition) is 2. The van der Waals surface area contributed by atoms with Gasteiger partial charge in [-0.15, -0.1) is 0 Å². The van der Waals surface area contributed by atoms with Crippen molar-refractivity contribution >= 4 is 5.69 Å². The maximum absolute atomic E-state index is 7.91. The van der Waals surface area contributed by atoms with Gasteiger partial charge < -0.3 is 0 Å². The summed E-state index contributed by atoms with van der Waals surface area (Å²) in [5, 5.41) is 0. The molecule has 0 fully saturated rings. The molecule has 0 N–H and O–H groups in total. The topological polar surface area (TPSA) is 30.1 Å². The fraction of sp³-hybridized carbons (Fsp3) is 0.0185. The molecule has 264 valence electrons. The second kappa shape index (κ2) is 13.0. The van der Waals surface area contributed by atoms with E-state index in [9.17, 15) is 0 Å². The molecule has 9 aromatic rings. The van der Waals surface area contributed by atoms with Gasteiger partial charge in [-0.3, -0.25) is 0 Å². The minimum absolute atomic E-state index is 0.455. The van der Waals surface area contributed by atoms with E-state index in [1.165, 1.54) is 50.1 Å². The van der Waals surface area contributed by atoms with Crippen LogP contribution < -0.4 is 0 Å². The van der Waals surface area contributed by atoms with Gasteiger partial charge in [0.2, 0.25) is 0 Å². The van der Waals surface area contributed by atoms with Gasteiger partial charge >= 0.3 is 0 Å². The zero-order valence-electron chi connectivity index (χ0n) is 30.9. The Morgan fingerprint density at radius 2 is 0.807 bits per heavy atom. The minimum atomic E-state index is -0.455. The van der Waals surface area contributed by atoms with Crippen LogP contribution in [0.15, 0.2) is 200 Å². The summed E-state index contributed by atoms with van der Waals surface area (Å²) in [7, 11) is 0. The van der Waals surface area contributed by atoms with E-state index in [1.54, 1.807) is 0 Å². The van der Waals surface area contributed by atoms with Gasteiger partial charge in [0.1, 0.15) is 0 Å². The average Bonchev–Trinajstić information content (AvgIpc) is 3.76. The van der Waals surface area contributed by atoms with E-state index in [4.69, 9.17) is 16.5 Å². The Bertz CT molecular complexity index is 3020. The molecular weight excluding hydrogens is 691 g/mol. The summed E-state index contributed by atoms with van der Waals surface area (Å²) in [6.45, 7) is 7.91. The monoisotopic (exact) mass is 723 g/mol. The van der Waals surface area contributed by atoms with Crippen LogP contribution in [-0.2, 0) is 5.41 Å². The van der Waals surface area contributed by atoms with E-state index >= 15 is 0 Å². The van der Waals surface area contributed by atoms with Crippen molar-refractivity contribution in [2.45, 2.75) is 5.41 Å². The molecule has 0 amide bonds. The van der Waals surface area contributed by atoms with Crippen LogP contribution in [0.5, 0.6) is 0 Å². The van der Waals surface area contributed by atoms with Gasteiger partial charge in [-0.2, -0.15) is 0 Å². The molecule has 11 rings (SSSR count). The lowest BCUT2D eigenvalue weighted by atomic mass is 9.70. The van der Waals surface area contributed by atoms with Crippen molar-refractivity contribution in [2.75, 3.05) is 0 Å². The van der Waals surface area contributed by atoms with Crippen molar-refractivity contribution in [2.24, 2.45) is 0 Å². The van der Waals surface area contributed by atoms with Gasteiger partial charge in [0.15, 0.2) is 11.5 Å². The van der Waals surface area contributed by atoms with Crippen molar-refractivity contribution in [3.63, 3.8) is 0 Å². The minimum Gasteiger partial charge on any atom is -0.238 e. The second-order valence-electron chi connectivity index (χ2n) is 14.8. The zero-order valence-corrected chi connectivity index (χ0v) is 30.9. The fourth-order valence-electron chi connectivity index (χ4n) is 9.17. The van der Waals surface area contributed by atoms with Gasteiger partial charge in [-0.05, 0) is 91.0 Å². The Morgan fingerprint density at radius 3 is 1.49 bits per heavy atom. The molecule has 2 aliphatic rings. The highest BCUT2D eigenvalue weighted by atomic mass is 14.9. The molecule has 0 atom stereocenters. The highest BCUT2D eigenvalue weighted by molar-refractivity contribution is 5.97. The van der Waals surface area contributed by atoms with Crippen LogP contribution in [0, 0.1) is 6.57 Å². The van der Waals surface area contributed by atoms with E-state index in [0.717, 1.165) is 44.8 Å². The Kier molecular flexibility index (Phi) is 7.45. The summed E-state index contributed by atoms with van der Waals surface area (Å²) >= 11 is 0. The molecule has 2 aliphatic carbocycles. The quantitative estimate of drug-likeness (QED) is 0.166. The predicted molar refractivity (Wildman–Crippen MR) is 232 cm³/mol. The summed E-state index contributed by atoms with van der Waals surface area (Å²) in [6, 6.07) is 70.8. The summed E-state index contributed by atoms with van der Waals surface area (Å²) in [4.78, 5) is 14.1. The van der Waals surface area contributed by atoms with E-state index < -0.39 is 5.41 Å². The summed E-state index contributed by atoms with van der Waals surface area (Å²) in [5.41, 5.74) is 19.4. The van der Waals surface area contributed by atoms with Crippen molar-refractivity contribution in [3.8, 4) is 78.4 Å². The van der Waals surface area contributed by atoms with E-state index in [1.807, 2.05) is 30.3 Å². The largest absolute Gasteiger partial charge is 0.238 e. The van der Waals surface area contributed by atoms with Crippen LogP contribution in [0.4, 0.5) is 5.69 Å². The number of fused-ring (bicyclic) bond motifs is 10. The molecule has 0 saturated carbocycles. The normalized spacial score (nSPS) is 12.7. The third-order valence-electron chi connectivity index (χ3n) is 11.7. The molecule has 3 nitrogen and oxygen atoms in total. The SMILES string of the molecule is [C-]#[N+]c1ccc2c(c1)-c1cc(-c3cccc(-c4cc(-c5ccc(-c6ccccc6)cc5)nc(-c5ccccc5)n4)c3)ccc1C21c2ccccc2-c2ccccc21. The fourth-order valence-corrected chi connectivity index (χ4v) is 9.17. The lowest BCUT2D eigenvalue weighted by Gasteiger charge is -2.30. The lowest BCUT2D eigenvalue weighted by molar-refractivity contribution is 0.794. The molecule has 1 spiro atoms. The van der Waals surface area contributed by atoms with Crippen LogP contribution in [-0.4, -0.2) is 9.97 Å². The Labute approximate surface area is 332 Å². The lowest BCUT2D eigenvalue weighted by Crippen LogP contribution is -2.25. The summed E-state index contributed by atoms with van der Waals surface area (Å²) < 4.78 is 0. The van der Waals surface area contributed by atoms with Crippen molar-refractivity contribution in [1.82, 2.24) is 9.97 Å². The number of aromatic nitrogens is 2. The number of nitrogens with zero attached hydrogens (tertiary/aromatic N) is 3. The number of hydrogen-bond donors (Lipinski definition) is 0. The first kappa shape index (κ1) is 32.7. The Morgan fingerprint density at radius 1 is 0.333 bits per heavy atom. The Balaban J connectivity index is 1.04. The van der Waals surface area contributed by atoms with Gasteiger partial charge in [-0.1, -0.05) is 176 Å². The molecule has 0 bridgehead atoms. The molecule has 1 heterocycles. The molecule has 0 saturated heterocycles. The van der Waals surface area contributed by atoms with Crippen LogP contribution in [0.2, 0.25) is 0 Å². The molecule has 3 heteroatoms. The summed E-state index contributed by atoms with van der Waals surface area (Å²) in [6.07, 6.45) is 0. The van der Waals surface area contributed by atoms with Gasteiger partial charge in [-0.25, -0.2) is 14.8 Å². The van der Waals surface area contributed by atoms with Crippen LogP contribution in [0.1, 0.15) is 22.3 Å². The summed E-state index contributed by atoms with van der Waals surface area (Å²) in [5.74, 6) is 0.688. The maximum atomic E-state index is 7.91. The zero-order chi connectivity index (χ0) is 37.9. The number of benzene rings is 8. The van der Waals surface area contributed by atoms with Crippen LogP contribution >= 0.6 is 0 Å². The predicted octanol–water partition coefficient (Wildman–Crippen LogP) is 13.7. The Hall–Kier alpha value is -7.67. The van der Waals surface area contributed by atoms with Crippen LogP contribution in [0.25, 0.3) is 83.3 Å². The van der Waals surface area contributed by atoms with E-state index in [2.05, 4.69) is 175 Å². The standard InChI is InChI=1S/C54H33N3/c1-55-42-28-30-50-46(33-42)45-32-40(27-29-49(45)54(50)47-21-10-8-19-43(47)44-20-9-11-22-48(44)54)39-17-12-18-41(31-39)52-34-51(56-53(57-52)38-15-6-3-7-16-38)37-25-23-36(24-26-37)35-13-4-2-5-14-35/h2-34H. The second-order valence-corrected chi connectivity index (χ2v) is 14.8. The van der Waals surface area contributed by atoms with Gasteiger partial charge in [0.05, 0.1) is 23.4 Å². The first-order valence-electron chi connectivity index (χ1n) is 19.3. The van der Waals surface area contributed by atoms with Crippen molar-refractivity contribution in [3.05, 3.63) is 234 Å². The van der Waals surface area contributed by atoms with E-state index in [-0.39, 0.29) is 0 Å². The first-order chi connectivity index (χ1) is 28.2. The maximum Gasteiger partial charge on any atom is 0.187 e. The third-order valence-corrected chi connectivity index (χ3v) is 11.7. The molecule has 57 heavy (non-hydrogen) atoms. The first-order valence-corrected chi connectivity index (χ1v) is 19.3. The smallest absolute Gasteiger partial charge is 0.187 e. The molecule has 0 unspecified atom stereocenters. The third kappa shape index (κ3) is 5.12. The highest BCUT2D eigenvalue weighted by Crippen LogP contribution is 2.63. The molecule has 8 aromatic carbocycles. The van der Waals surface area contributed by atoms with Crippen molar-refractivity contribution < 1.29 is 0 Å². The average molecular weight is 724 g/mol. The van der Waals surface area contributed by atoms with Gasteiger partial charge in [0.25, 0.3) is 0 Å². The molecular formula is C54H33N3. The highest BCUT2D eigenvalue weighted by Gasteiger charge is 2.51. The number of rotatable bonds is 5.